The van der Waals surface area contributed by atoms with Crippen LogP contribution in [-0.2, 0) is 6.54 Å². The lowest BCUT2D eigenvalue weighted by atomic mass is 10.2. The molecule has 0 aromatic carbocycles. The van der Waals surface area contributed by atoms with Crippen LogP contribution in [0.25, 0.3) is 11.4 Å². The molecule has 22 heavy (non-hydrogen) atoms. The van der Waals surface area contributed by atoms with Gasteiger partial charge in [0, 0.05) is 24.0 Å². The van der Waals surface area contributed by atoms with E-state index in [1.165, 1.54) is 18.3 Å². The summed E-state index contributed by atoms with van der Waals surface area (Å²) in [6.07, 6.45) is 4.47. The van der Waals surface area contributed by atoms with Crippen molar-refractivity contribution >= 4 is 11.5 Å². The number of anilines is 1. The summed E-state index contributed by atoms with van der Waals surface area (Å²) in [7, 11) is 0. The van der Waals surface area contributed by atoms with Crippen LogP contribution in [0.15, 0.2) is 47.4 Å². The maximum atomic E-state index is 10.5. The van der Waals surface area contributed by atoms with Crippen molar-refractivity contribution in [2.75, 3.05) is 5.32 Å². The van der Waals surface area contributed by atoms with Crippen LogP contribution in [0.1, 0.15) is 5.89 Å². The van der Waals surface area contributed by atoms with E-state index in [0.717, 1.165) is 5.56 Å². The Labute approximate surface area is 124 Å². The highest BCUT2D eigenvalue weighted by Gasteiger charge is 2.09. The molecular formula is C13H10N6O3. The number of rotatable bonds is 5. The SMILES string of the molecule is O=[N+]([O-])c1ccc(NCc2nc(-c3ccncc3)no2)nc1. The van der Waals surface area contributed by atoms with Crippen molar-refractivity contribution in [3.05, 3.63) is 58.9 Å². The Morgan fingerprint density at radius 2 is 2.05 bits per heavy atom. The van der Waals surface area contributed by atoms with Crippen molar-refractivity contribution in [1.82, 2.24) is 20.1 Å². The van der Waals surface area contributed by atoms with Crippen molar-refractivity contribution in [2.45, 2.75) is 6.54 Å². The van der Waals surface area contributed by atoms with Crippen LogP contribution in [0.4, 0.5) is 11.5 Å². The summed E-state index contributed by atoms with van der Waals surface area (Å²) in [5.41, 5.74) is 0.738. The molecule has 0 saturated carbocycles. The molecule has 0 aliphatic rings. The van der Waals surface area contributed by atoms with Crippen LogP contribution in [0.5, 0.6) is 0 Å². The van der Waals surface area contributed by atoms with E-state index < -0.39 is 4.92 Å². The summed E-state index contributed by atoms with van der Waals surface area (Å²) in [5, 5.41) is 17.4. The van der Waals surface area contributed by atoms with Gasteiger partial charge in [-0.05, 0) is 18.2 Å². The van der Waals surface area contributed by atoms with Crippen LogP contribution in [0.3, 0.4) is 0 Å². The predicted octanol–water partition coefficient (Wildman–Crippen LogP) is 2.05. The van der Waals surface area contributed by atoms with Crippen LogP contribution >= 0.6 is 0 Å². The maximum absolute atomic E-state index is 10.5. The number of nitrogens with one attached hydrogen (secondary N) is 1. The van der Waals surface area contributed by atoms with Gasteiger partial charge in [-0.3, -0.25) is 15.1 Å². The molecule has 0 amide bonds. The van der Waals surface area contributed by atoms with Gasteiger partial charge in [-0.2, -0.15) is 4.98 Å². The zero-order valence-electron chi connectivity index (χ0n) is 11.2. The smallest absolute Gasteiger partial charge is 0.287 e. The van der Waals surface area contributed by atoms with E-state index in [1.807, 2.05) is 0 Å². The first-order valence-electron chi connectivity index (χ1n) is 6.29. The summed E-state index contributed by atoms with van der Waals surface area (Å²) < 4.78 is 5.12. The largest absolute Gasteiger partial charge is 0.361 e. The van der Waals surface area contributed by atoms with E-state index in [1.54, 1.807) is 24.5 Å². The average Bonchev–Trinajstić information content (AvgIpc) is 3.03. The first kappa shape index (κ1) is 13.6. The van der Waals surface area contributed by atoms with Crippen molar-refractivity contribution in [2.24, 2.45) is 0 Å². The van der Waals surface area contributed by atoms with E-state index in [9.17, 15) is 10.1 Å². The minimum atomic E-state index is -0.504. The van der Waals surface area contributed by atoms with E-state index >= 15 is 0 Å². The molecule has 9 nitrogen and oxygen atoms in total. The van der Waals surface area contributed by atoms with Crippen molar-refractivity contribution < 1.29 is 9.45 Å². The number of nitro groups is 1. The Kier molecular flexibility index (Phi) is 3.69. The summed E-state index contributed by atoms with van der Waals surface area (Å²) in [6.45, 7) is 0.267. The van der Waals surface area contributed by atoms with Gasteiger partial charge in [-0.1, -0.05) is 5.16 Å². The average molecular weight is 298 g/mol. The molecule has 3 aromatic heterocycles. The standard InChI is InChI=1S/C13H10N6O3/c20-19(21)10-1-2-11(15-7-10)16-8-12-17-13(18-22-12)9-3-5-14-6-4-9/h1-7H,8H2,(H,15,16). The van der Waals surface area contributed by atoms with E-state index in [0.29, 0.717) is 17.5 Å². The number of nitrogens with zero attached hydrogens (tertiary/aromatic N) is 5. The normalized spacial score (nSPS) is 10.4. The molecule has 0 spiro atoms. The van der Waals surface area contributed by atoms with E-state index in [2.05, 4.69) is 25.4 Å². The molecular weight excluding hydrogens is 288 g/mol. The Morgan fingerprint density at radius 3 is 2.73 bits per heavy atom. The minimum Gasteiger partial charge on any atom is -0.361 e. The van der Waals surface area contributed by atoms with Gasteiger partial charge in [0.1, 0.15) is 12.0 Å². The van der Waals surface area contributed by atoms with Crippen molar-refractivity contribution in [1.29, 1.82) is 0 Å². The van der Waals surface area contributed by atoms with Gasteiger partial charge in [0.2, 0.25) is 11.7 Å². The van der Waals surface area contributed by atoms with Gasteiger partial charge in [0.05, 0.1) is 11.5 Å². The molecule has 3 heterocycles. The molecule has 0 fully saturated rings. The van der Waals surface area contributed by atoms with Gasteiger partial charge in [-0.15, -0.1) is 0 Å². The van der Waals surface area contributed by atoms with Gasteiger partial charge < -0.3 is 9.84 Å². The molecule has 0 radical (unpaired) electrons. The van der Waals surface area contributed by atoms with E-state index in [-0.39, 0.29) is 12.2 Å². The lowest BCUT2D eigenvalue weighted by Gasteiger charge is -2.00. The first-order chi connectivity index (χ1) is 10.7. The fourth-order valence-electron chi connectivity index (χ4n) is 1.71. The summed E-state index contributed by atoms with van der Waals surface area (Å²) in [6, 6.07) is 6.43. The van der Waals surface area contributed by atoms with Crippen molar-refractivity contribution in [3.63, 3.8) is 0 Å². The first-order valence-corrected chi connectivity index (χ1v) is 6.29. The van der Waals surface area contributed by atoms with Crippen LogP contribution < -0.4 is 5.32 Å². The summed E-state index contributed by atoms with van der Waals surface area (Å²) >= 11 is 0. The fourth-order valence-corrected chi connectivity index (χ4v) is 1.71. The topological polar surface area (TPSA) is 120 Å². The third-order valence-electron chi connectivity index (χ3n) is 2.79. The van der Waals surface area contributed by atoms with Crippen LogP contribution in [-0.4, -0.2) is 25.0 Å². The van der Waals surface area contributed by atoms with Crippen LogP contribution in [0.2, 0.25) is 0 Å². The minimum absolute atomic E-state index is 0.0664. The molecule has 0 unspecified atom stereocenters. The van der Waals surface area contributed by atoms with Gasteiger partial charge in [0.15, 0.2) is 0 Å². The zero-order valence-corrected chi connectivity index (χ0v) is 11.2. The lowest BCUT2D eigenvalue weighted by molar-refractivity contribution is -0.385. The Balaban J connectivity index is 1.65. The van der Waals surface area contributed by atoms with Gasteiger partial charge >= 0.3 is 0 Å². The highest BCUT2D eigenvalue weighted by atomic mass is 16.6. The summed E-state index contributed by atoms with van der Waals surface area (Å²) in [5.74, 6) is 1.33. The number of aromatic nitrogens is 4. The molecule has 3 aromatic rings. The molecule has 1 N–H and O–H groups in total. The van der Waals surface area contributed by atoms with E-state index in [4.69, 9.17) is 4.52 Å². The molecule has 0 aliphatic heterocycles. The molecule has 3 rings (SSSR count). The van der Waals surface area contributed by atoms with Gasteiger partial charge in [-0.25, -0.2) is 4.98 Å². The van der Waals surface area contributed by atoms with Crippen LogP contribution in [0, 0.1) is 10.1 Å². The molecule has 110 valence electrons. The maximum Gasteiger partial charge on any atom is 0.287 e. The Bertz CT molecular complexity index is 772. The highest BCUT2D eigenvalue weighted by molar-refractivity contribution is 5.52. The zero-order chi connectivity index (χ0) is 15.4. The molecule has 0 atom stereocenters. The molecule has 0 bridgehead atoms. The third kappa shape index (κ3) is 3.03. The molecule has 0 aliphatic carbocycles. The molecule has 0 saturated heterocycles. The van der Waals surface area contributed by atoms with Gasteiger partial charge in [0.25, 0.3) is 5.69 Å². The predicted molar refractivity (Wildman–Crippen MR) is 75.7 cm³/mol. The third-order valence-corrected chi connectivity index (χ3v) is 2.79. The fraction of sp³-hybridized carbons (Fsp3) is 0.0769. The van der Waals surface area contributed by atoms with Crippen molar-refractivity contribution in [3.8, 4) is 11.4 Å². The quantitative estimate of drug-likeness (QED) is 0.561. The Hall–Kier alpha value is -3.36. The second kappa shape index (κ2) is 5.95. The second-order valence-corrected chi connectivity index (χ2v) is 4.26. The Morgan fingerprint density at radius 1 is 1.23 bits per heavy atom. The monoisotopic (exact) mass is 298 g/mol. The number of hydrogen-bond donors (Lipinski definition) is 1. The highest BCUT2D eigenvalue weighted by Crippen LogP contribution is 2.15. The molecule has 9 heteroatoms. The lowest BCUT2D eigenvalue weighted by Crippen LogP contribution is -2.01. The number of pyridine rings is 2. The summed E-state index contributed by atoms with van der Waals surface area (Å²) in [4.78, 5) is 22.1. The second-order valence-electron chi connectivity index (χ2n) is 4.26. The number of hydrogen-bond acceptors (Lipinski definition) is 8.